The molecule has 4 rings (SSSR count). The quantitative estimate of drug-likeness (QED) is 0.555. The van der Waals surface area contributed by atoms with E-state index in [1.165, 1.54) is 32.1 Å². The molecule has 0 N–H and O–H groups in total. The van der Waals surface area contributed by atoms with Gasteiger partial charge >= 0.3 is 0 Å². The van der Waals surface area contributed by atoms with Crippen molar-refractivity contribution in [1.29, 1.82) is 0 Å². The van der Waals surface area contributed by atoms with Crippen LogP contribution in [0.3, 0.4) is 0 Å². The first kappa shape index (κ1) is 7.84. The molecule has 0 aromatic rings. The molecule has 0 aromatic carbocycles. The van der Waals surface area contributed by atoms with Crippen LogP contribution in [0.25, 0.3) is 0 Å². The molecule has 0 nitrogen and oxygen atoms in total. The Labute approximate surface area is 83.2 Å². The van der Waals surface area contributed by atoms with Crippen molar-refractivity contribution in [3.05, 3.63) is 0 Å². The highest BCUT2D eigenvalue weighted by Gasteiger charge is 2.46. The van der Waals surface area contributed by atoms with E-state index in [2.05, 4.69) is 15.9 Å². The fraction of sp³-hybridized carbons (Fsp3) is 1.00. The topological polar surface area (TPSA) is 0 Å². The number of halogens is 1. The molecule has 4 fully saturated rings. The van der Waals surface area contributed by atoms with Gasteiger partial charge in [0.2, 0.25) is 0 Å². The van der Waals surface area contributed by atoms with Crippen LogP contribution in [-0.4, -0.2) is 4.32 Å². The van der Waals surface area contributed by atoms with Gasteiger partial charge in [-0.2, -0.15) is 0 Å². The molecule has 4 aliphatic rings. The molecule has 4 saturated carbocycles. The maximum absolute atomic E-state index is 4.01. The normalized spacial score (nSPS) is 57.2. The monoisotopic (exact) mass is 228 g/mol. The first-order chi connectivity index (χ1) is 5.73. The van der Waals surface area contributed by atoms with E-state index in [-0.39, 0.29) is 0 Å². The maximum atomic E-state index is 4.01. The SMILES string of the molecule is BrC12CC3C[C@@H](CC[C@@H](C3)C1)C2. The average Bonchev–Trinajstić information content (AvgIpc) is 2.14. The lowest BCUT2D eigenvalue weighted by molar-refractivity contribution is 0.162. The molecule has 0 radical (unpaired) electrons. The molecule has 4 atom stereocenters. The van der Waals surface area contributed by atoms with E-state index in [1.807, 2.05) is 0 Å². The fourth-order valence-electron chi connectivity index (χ4n) is 4.09. The van der Waals surface area contributed by atoms with Crippen molar-refractivity contribution in [1.82, 2.24) is 0 Å². The largest absolute Gasteiger partial charge is 0.0853 e. The molecule has 4 aliphatic carbocycles. The van der Waals surface area contributed by atoms with Crippen molar-refractivity contribution in [2.24, 2.45) is 17.8 Å². The van der Waals surface area contributed by atoms with Gasteiger partial charge in [-0.25, -0.2) is 0 Å². The molecular formula is C11H17Br. The summed E-state index contributed by atoms with van der Waals surface area (Å²) in [7, 11) is 0. The van der Waals surface area contributed by atoms with Crippen LogP contribution in [0.2, 0.25) is 0 Å². The zero-order chi connectivity index (χ0) is 8.18. The van der Waals surface area contributed by atoms with Gasteiger partial charge < -0.3 is 0 Å². The highest BCUT2D eigenvalue weighted by Crippen LogP contribution is 2.56. The van der Waals surface area contributed by atoms with Crippen LogP contribution in [0.5, 0.6) is 0 Å². The molecule has 0 aromatic heterocycles. The highest BCUT2D eigenvalue weighted by atomic mass is 79.9. The van der Waals surface area contributed by atoms with Crippen LogP contribution in [0.1, 0.15) is 44.9 Å². The Balaban J connectivity index is 1.95. The summed E-state index contributed by atoms with van der Waals surface area (Å²) in [5, 5.41) is 0. The summed E-state index contributed by atoms with van der Waals surface area (Å²) in [6, 6.07) is 0. The summed E-state index contributed by atoms with van der Waals surface area (Å²) in [5.41, 5.74) is 0. The maximum Gasteiger partial charge on any atom is 0.0266 e. The lowest BCUT2D eigenvalue weighted by atomic mass is 9.67. The van der Waals surface area contributed by atoms with Gasteiger partial charge in [-0.1, -0.05) is 28.8 Å². The number of alkyl halides is 1. The van der Waals surface area contributed by atoms with E-state index in [4.69, 9.17) is 0 Å². The standard InChI is InChI=1S/C11H17Br/c12-11-5-8-1-2-9(6-11)4-10(3-8)7-11/h8-10H,1-7H2/t8-,9+,10?,11?. The minimum Gasteiger partial charge on any atom is -0.0853 e. The van der Waals surface area contributed by atoms with Gasteiger partial charge in [0.1, 0.15) is 0 Å². The van der Waals surface area contributed by atoms with Crippen molar-refractivity contribution in [2.75, 3.05) is 0 Å². The molecule has 0 spiro atoms. The van der Waals surface area contributed by atoms with Gasteiger partial charge in [-0.3, -0.25) is 0 Å². The van der Waals surface area contributed by atoms with Crippen molar-refractivity contribution in [3.8, 4) is 0 Å². The molecule has 4 bridgehead atoms. The number of rotatable bonds is 0. The van der Waals surface area contributed by atoms with Crippen LogP contribution >= 0.6 is 15.9 Å². The Morgan fingerprint density at radius 3 is 1.83 bits per heavy atom. The molecular weight excluding hydrogens is 212 g/mol. The first-order valence-electron chi connectivity index (χ1n) is 5.42. The Hall–Kier alpha value is 0.480. The van der Waals surface area contributed by atoms with Crippen molar-refractivity contribution < 1.29 is 0 Å². The van der Waals surface area contributed by atoms with Crippen molar-refractivity contribution >= 4 is 15.9 Å². The van der Waals surface area contributed by atoms with Crippen molar-refractivity contribution in [2.45, 2.75) is 49.3 Å². The van der Waals surface area contributed by atoms with Gasteiger partial charge in [0.25, 0.3) is 0 Å². The third-order valence-electron chi connectivity index (χ3n) is 4.28. The molecule has 68 valence electrons. The minimum atomic E-state index is 0.597. The third kappa shape index (κ3) is 1.16. The second-order valence-electron chi connectivity index (χ2n) is 5.41. The molecule has 1 heteroatoms. The van der Waals surface area contributed by atoms with E-state index in [1.54, 1.807) is 12.8 Å². The van der Waals surface area contributed by atoms with Crippen LogP contribution in [0.4, 0.5) is 0 Å². The summed E-state index contributed by atoms with van der Waals surface area (Å²) in [6.07, 6.45) is 10.6. The fourth-order valence-corrected chi connectivity index (χ4v) is 5.46. The second kappa shape index (κ2) is 2.50. The predicted octanol–water partition coefficient (Wildman–Crippen LogP) is 3.74. The predicted molar refractivity (Wildman–Crippen MR) is 54.4 cm³/mol. The number of fused-ring (bicyclic) bond motifs is 1. The summed E-state index contributed by atoms with van der Waals surface area (Å²) in [5.74, 6) is 3.25. The number of hydrogen-bond acceptors (Lipinski definition) is 0. The summed E-state index contributed by atoms with van der Waals surface area (Å²) < 4.78 is 0.597. The first-order valence-corrected chi connectivity index (χ1v) is 6.22. The average molecular weight is 229 g/mol. The second-order valence-corrected chi connectivity index (χ2v) is 7.09. The molecule has 0 amide bonds. The third-order valence-corrected chi connectivity index (χ3v) is 5.25. The van der Waals surface area contributed by atoms with Crippen molar-refractivity contribution in [3.63, 3.8) is 0 Å². The Morgan fingerprint density at radius 1 is 0.833 bits per heavy atom. The van der Waals surface area contributed by atoms with E-state index < -0.39 is 0 Å². The van der Waals surface area contributed by atoms with E-state index in [0.29, 0.717) is 4.32 Å². The Morgan fingerprint density at radius 2 is 1.33 bits per heavy atom. The van der Waals surface area contributed by atoms with E-state index >= 15 is 0 Å². The smallest absolute Gasteiger partial charge is 0.0266 e. The molecule has 0 heterocycles. The minimum absolute atomic E-state index is 0.597. The van der Waals surface area contributed by atoms with Crippen LogP contribution in [0, 0.1) is 17.8 Å². The summed E-state index contributed by atoms with van der Waals surface area (Å²) in [6.45, 7) is 0. The van der Waals surface area contributed by atoms with E-state index in [9.17, 15) is 0 Å². The Bertz CT molecular complexity index is 183. The van der Waals surface area contributed by atoms with Gasteiger partial charge in [-0.15, -0.1) is 0 Å². The molecule has 0 saturated heterocycles. The summed E-state index contributed by atoms with van der Waals surface area (Å²) >= 11 is 4.01. The van der Waals surface area contributed by atoms with Crippen LogP contribution < -0.4 is 0 Å². The molecule has 2 unspecified atom stereocenters. The van der Waals surface area contributed by atoms with Gasteiger partial charge in [0, 0.05) is 4.32 Å². The Kier molecular flexibility index (Phi) is 1.63. The molecule has 12 heavy (non-hydrogen) atoms. The van der Waals surface area contributed by atoms with Crippen LogP contribution in [-0.2, 0) is 0 Å². The highest BCUT2D eigenvalue weighted by molar-refractivity contribution is 9.10. The number of hydrogen-bond donors (Lipinski definition) is 0. The van der Waals surface area contributed by atoms with Gasteiger partial charge in [-0.05, 0) is 49.9 Å². The zero-order valence-electron chi connectivity index (χ0n) is 7.56. The van der Waals surface area contributed by atoms with Gasteiger partial charge in [0.05, 0.1) is 0 Å². The zero-order valence-corrected chi connectivity index (χ0v) is 9.15. The lowest BCUT2D eigenvalue weighted by Crippen LogP contribution is -2.38. The van der Waals surface area contributed by atoms with Gasteiger partial charge in [0.15, 0.2) is 0 Å². The van der Waals surface area contributed by atoms with Crippen LogP contribution in [0.15, 0.2) is 0 Å². The van der Waals surface area contributed by atoms with E-state index in [0.717, 1.165) is 17.8 Å². The lowest BCUT2D eigenvalue weighted by Gasteiger charge is -2.44. The molecule has 0 aliphatic heterocycles. The summed E-state index contributed by atoms with van der Waals surface area (Å²) in [4.78, 5) is 0.